The summed E-state index contributed by atoms with van der Waals surface area (Å²) in [6, 6.07) is 8.69. The van der Waals surface area contributed by atoms with Gasteiger partial charge in [-0.1, -0.05) is 51.1 Å². The minimum atomic E-state index is -2.20. The molecule has 0 aliphatic heterocycles. The number of carbonyl (C=O) groups excluding carboxylic acids is 2. The van der Waals surface area contributed by atoms with Gasteiger partial charge in [0.1, 0.15) is 12.2 Å². The highest BCUT2D eigenvalue weighted by Crippen LogP contribution is 2.38. The zero-order valence-corrected chi connectivity index (χ0v) is 22.4. The normalized spacial score (nSPS) is 15.3. The van der Waals surface area contributed by atoms with E-state index in [1.807, 2.05) is 65.0 Å². The second-order valence-corrected chi connectivity index (χ2v) is 15.5. The third kappa shape index (κ3) is 9.61. The maximum atomic E-state index is 12.4. The van der Waals surface area contributed by atoms with Crippen LogP contribution in [0.3, 0.4) is 0 Å². The van der Waals surface area contributed by atoms with Crippen molar-refractivity contribution in [3.63, 3.8) is 0 Å². The highest BCUT2D eigenvalue weighted by molar-refractivity contribution is 6.74. The Morgan fingerprint density at radius 1 is 0.906 bits per heavy atom. The molecule has 3 unspecified atom stereocenters. The fraction of sp³-hybridized carbons (Fsp3) is 0.667. The lowest BCUT2D eigenvalue weighted by atomic mass is 10.1. The molecule has 1 rings (SSSR count). The molecule has 2 N–H and O–H groups in total. The second-order valence-electron chi connectivity index (χ2n) is 10.8. The molecule has 0 fully saturated rings. The average molecular weight is 467 g/mol. The van der Waals surface area contributed by atoms with Crippen LogP contribution in [0.2, 0.25) is 18.1 Å². The number of amides is 2. The van der Waals surface area contributed by atoms with E-state index in [1.165, 1.54) is 0 Å². The molecule has 0 aromatic heterocycles. The van der Waals surface area contributed by atoms with Crippen LogP contribution in [0.4, 0.5) is 9.59 Å². The van der Waals surface area contributed by atoms with Crippen molar-refractivity contribution in [2.24, 2.45) is 0 Å². The van der Waals surface area contributed by atoms with Gasteiger partial charge in [0.15, 0.2) is 8.32 Å². The predicted octanol–water partition coefficient (Wildman–Crippen LogP) is 5.60. The quantitative estimate of drug-likeness (QED) is 0.487. The van der Waals surface area contributed by atoms with Gasteiger partial charge in [-0.25, -0.2) is 9.59 Å². The summed E-state index contributed by atoms with van der Waals surface area (Å²) < 4.78 is 17.4. The van der Waals surface area contributed by atoms with Crippen LogP contribution in [0.5, 0.6) is 0 Å². The molecule has 0 saturated heterocycles. The molecule has 8 heteroatoms. The lowest BCUT2D eigenvalue weighted by molar-refractivity contribution is 0.0414. The van der Waals surface area contributed by atoms with Crippen LogP contribution < -0.4 is 10.6 Å². The van der Waals surface area contributed by atoms with Crippen LogP contribution >= 0.6 is 0 Å². The van der Waals surface area contributed by atoms with Gasteiger partial charge in [0.05, 0.1) is 18.2 Å². The van der Waals surface area contributed by atoms with Crippen molar-refractivity contribution in [3.05, 3.63) is 35.9 Å². The first-order chi connectivity index (χ1) is 14.5. The molecule has 0 heterocycles. The van der Waals surface area contributed by atoms with Gasteiger partial charge in [0, 0.05) is 0 Å². The topological polar surface area (TPSA) is 85.9 Å². The molecule has 1 aromatic carbocycles. The van der Waals surface area contributed by atoms with Gasteiger partial charge in [-0.3, -0.25) is 0 Å². The molecule has 3 atom stereocenters. The number of nitrogens with one attached hydrogen (secondary N) is 2. The van der Waals surface area contributed by atoms with Crippen molar-refractivity contribution in [2.45, 2.75) is 104 Å². The van der Waals surface area contributed by atoms with Crippen molar-refractivity contribution in [2.75, 3.05) is 0 Å². The number of rotatable bonds is 8. The molecule has 0 bridgehead atoms. The van der Waals surface area contributed by atoms with Crippen molar-refractivity contribution in [3.8, 4) is 0 Å². The molecular weight excluding hydrogens is 424 g/mol. The van der Waals surface area contributed by atoms with E-state index in [-0.39, 0.29) is 11.6 Å². The fourth-order valence-corrected chi connectivity index (χ4v) is 4.20. The van der Waals surface area contributed by atoms with Gasteiger partial charge in [-0.05, 0) is 58.3 Å². The Kier molecular flexibility index (Phi) is 9.78. The van der Waals surface area contributed by atoms with Crippen molar-refractivity contribution >= 4 is 20.5 Å². The number of ether oxygens (including phenoxy) is 2. The van der Waals surface area contributed by atoms with Gasteiger partial charge in [0.25, 0.3) is 0 Å². The molecule has 2 amide bonds. The van der Waals surface area contributed by atoms with E-state index in [4.69, 9.17) is 13.9 Å². The van der Waals surface area contributed by atoms with Gasteiger partial charge in [0.2, 0.25) is 0 Å². The van der Waals surface area contributed by atoms with Crippen LogP contribution in [0, 0.1) is 0 Å². The van der Waals surface area contributed by atoms with E-state index < -0.39 is 44.3 Å². The fourth-order valence-electron chi connectivity index (χ4n) is 2.76. The number of hydrogen-bond donors (Lipinski definition) is 2. The monoisotopic (exact) mass is 466 g/mol. The molecule has 182 valence electrons. The van der Waals surface area contributed by atoms with Crippen molar-refractivity contribution in [1.29, 1.82) is 0 Å². The van der Waals surface area contributed by atoms with E-state index in [2.05, 4.69) is 44.5 Å². The van der Waals surface area contributed by atoms with E-state index in [1.54, 1.807) is 0 Å². The molecule has 0 aliphatic carbocycles. The average Bonchev–Trinajstić information content (AvgIpc) is 2.62. The van der Waals surface area contributed by atoms with Crippen LogP contribution in [0.1, 0.15) is 61.0 Å². The molecule has 0 spiro atoms. The summed E-state index contributed by atoms with van der Waals surface area (Å²) in [5.41, 5.74) is 0.300. The number of benzene rings is 1. The van der Waals surface area contributed by atoms with E-state index in [0.717, 1.165) is 5.56 Å². The maximum absolute atomic E-state index is 12.4. The Balaban J connectivity index is 2.90. The number of hydrogen-bond acceptors (Lipinski definition) is 5. The molecule has 7 nitrogen and oxygen atoms in total. The van der Waals surface area contributed by atoms with E-state index in [9.17, 15) is 9.59 Å². The van der Waals surface area contributed by atoms with Crippen LogP contribution in [-0.4, -0.2) is 44.3 Å². The first-order valence-electron chi connectivity index (χ1n) is 11.2. The number of alkyl carbamates (subject to hydrolysis) is 2. The van der Waals surface area contributed by atoms with E-state index >= 15 is 0 Å². The maximum Gasteiger partial charge on any atom is 0.407 e. The minimum absolute atomic E-state index is 0.0373. The van der Waals surface area contributed by atoms with Crippen molar-refractivity contribution < 1.29 is 23.5 Å². The minimum Gasteiger partial charge on any atom is -0.445 e. The summed E-state index contributed by atoms with van der Waals surface area (Å²) in [6.45, 7) is 20.1. The van der Waals surface area contributed by atoms with Gasteiger partial charge >= 0.3 is 12.2 Å². The lowest BCUT2D eigenvalue weighted by Crippen LogP contribution is -2.58. The third-order valence-corrected chi connectivity index (χ3v) is 10.00. The third-order valence-electron chi connectivity index (χ3n) is 5.53. The second kappa shape index (κ2) is 11.2. The van der Waals surface area contributed by atoms with Crippen LogP contribution in [-0.2, 0) is 20.5 Å². The largest absolute Gasteiger partial charge is 0.445 e. The lowest BCUT2D eigenvalue weighted by Gasteiger charge is -2.42. The molecule has 32 heavy (non-hydrogen) atoms. The molecule has 0 saturated carbocycles. The standard InChI is InChI=1S/C24H42N2O5Si/c1-17(25-21(27)29-16-19-14-12-11-13-15-19)20(31-32(9,10)24(6,7)8)18(2)26-22(28)30-23(3,4)5/h11-15,17-18,20H,16H2,1-10H3,(H,25,27)(H,26,28). The molecule has 1 aromatic rings. The Labute approximate surface area is 194 Å². The Morgan fingerprint density at radius 2 is 1.41 bits per heavy atom. The first-order valence-corrected chi connectivity index (χ1v) is 14.1. The van der Waals surface area contributed by atoms with Gasteiger partial charge in [-0.15, -0.1) is 0 Å². The summed E-state index contributed by atoms with van der Waals surface area (Å²) in [6.07, 6.45) is -1.52. The zero-order valence-electron chi connectivity index (χ0n) is 21.4. The number of carbonyl (C=O) groups is 2. The molecule has 0 aliphatic rings. The summed E-state index contributed by atoms with van der Waals surface area (Å²) >= 11 is 0. The highest BCUT2D eigenvalue weighted by atomic mass is 28.4. The zero-order chi connectivity index (χ0) is 24.7. The van der Waals surface area contributed by atoms with Crippen LogP contribution in [0.15, 0.2) is 30.3 Å². The molecule has 0 radical (unpaired) electrons. The van der Waals surface area contributed by atoms with Gasteiger partial charge in [-0.2, -0.15) is 0 Å². The predicted molar refractivity (Wildman–Crippen MR) is 130 cm³/mol. The summed E-state index contributed by atoms with van der Waals surface area (Å²) in [7, 11) is -2.20. The van der Waals surface area contributed by atoms with E-state index in [0.29, 0.717) is 0 Å². The molecular formula is C24H42N2O5Si. The summed E-state index contributed by atoms with van der Waals surface area (Å²) in [4.78, 5) is 24.8. The summed E-state index contributed by atoms with van der Waals surface area (Å²) in [5.74, 6) is 0. The SMILES string of the molecule is CC(NC(=O)OCc1ccccc1)C(O[Si](C)(C)C(C)(C)C)C(C)NC(=O)OC(C)(C)C. The van der Waals surface area contributed by atoms with Crippen LogP contribution in [0.25, 0.3) is 0 Å². The summed E-state index contributed by atoms with van der Waals surface area (Å²) in [5, 5.41) is 5.70. The smallest absolute Gasteiger partial charge is 0.407 e. The first kappa shape index (κ1) is 28.0. The highest BCUT2D eigenvalue weighted by Gasteiger charge is 2.42. The Morgan fingerprint density at radius 3 is 1.88 bits per heavy atom. The Hall–Kier alpha value is -2.06. The Bertz CT molecular complexity index is 741. The van der Waals surface area contributed by atoms with Gasteiger partial charge < -0.3 is 24.5 Å². The van der Waals surface area contributed by atoms with Crippen molar-refractivity contribution in [1.82, 2.24) is 10.6 Å².